The molecule has 1 rings (SSSR count). The third-order valence-corrected chi connectivity index (χ3v) is 13.1. The highest BCUT2D eigenvalue weighted by atomic mass is 14.3. The molecule has 0 bridgehead atoms. The first-order valence-corrected chi connectivity index (χ1v) is 21.6. The Labute approximate surface area is 342 Å². The predicted molar refractivity (Wildman–Crippen MR) is 252 cm³/mol. The molecule has 304 valence electrons. The van der Waals surface area contributed by atoms with E-state index >= 15 is 0 Å². The van der Waals surface area contributed by atoms with Gasteiger partial charge in [0.05, 0.1) is 0 Å². The average Bonchev–Trinajstić information content (AvgIpc) is 3.15. The Bertz CT molecular complexity index is 1690. The first kappa shape index (κ1) is 49.6. The maximum atomic E-state index is 4.56. The molecule has 1 aromatic rings. The molecule has 0 spiro atoms. The van der Waals surface area contributed by atoms with Gasteiger partial charge >= 0.3 is 0 Å². The van der Waals surface area contributed by atoms with E-state index in [4.69, 9.17) is 0 Å². The lowest BCUT2D eigenvalue weighted by molar-refractivity contribution is 0.559. The summed E-state index contributed by atoms with van der Waals surface area (Å²) in [5.74, 6) is 1.53. The van der Waals surface area contributed by atoms with Crippen molar-refractivity contribution in [2.24, 2.45) is 17.8 Å². The van der Waals surface area contributed by atoms with Crippen LogP contribution < -0.4 is 0 Å². The van der Waals surface area contributed by atoms with E-state index in [0.717, 1.165) is 38.5 Å². The monoisotopic (exact) mass is 745 g/mol. The Kier molecular flexibility index (Phi) is 21.9. The predicted octanol–water partition coefficient (Wildman–Crippen LogP) is 18.0. The molecule has 0 aliphatic carbocycles. The number of aryl methyl sites for hydroxylation is 1. The zero-order chi connectivity index (χ0) is 42.2. The van der Waals surface area contributed by atoms with Crippen LogP contribution in [0.3, 0.4) is 0 Å². The number of allylic oxidation sites excluding steroid dienone is 17. The highest BCUT2D eigenvalue weighted by molar-refractivity contribution is 5.45. The highest BCUT2D eigenvalue weighted by Crippen LogP contribution is 2.42. The molecule has 0 aliphatic heterocycles. The normalized spacial score (nSPS) is 16.7. The Morgan fingerprint density at radius 3 is 1.65 bits per heavy atom. The first-order chi connectivity index (χ1) is 25.9. The van der Waals surface area contributed by atoms with Crippen molar-refractivity contribution in [1.82, 2.24) is 0 Å². The maximum Gasteiger partial charge on any atom is 0.0214 e. The molecule has 3 unspecified atom stereocenters. The van der Waals surface area contributed by atoms with Gasteiger partial charge in [-0.05, 0) is 167 Å². The molecule has 0 nitrogen and oxygen atoms in total. The maximum absolute atomic E-state index is 4.56. The fourth-order valence-electron chi connectivity index (χ4n) is 9.09. The van der Waals surface area contributed by atoms with Gasteiger partial charge in [0.15, 0.2) is 0 Å². The number of hydrogen-bond donors (Lipinski definition) is 0. The fourth-order valence-corrected chi connectivity index (χ4v) is 9.09. The first-order valence-electron chi connectivity index (χ1n) is 21.6. The van der Waals surface area contributed by atoms with E-state index in [1.54, 1.807) is 11.1 Å². The van der Waals surface area contributed by atoms with Crippen LogP contribution in [0.2, 0.25) is 0 Å². The van der Waals surface area contributed by atoms with Gasteiger partial charge in [-0.25, -0.2) is 0 Å². The van der Waals surface area contributed by atoms with Crippen LogP contribution in [0, 0.1) is 24.7 Å². The fraction of sp³-hybridized carbons (Fsp3) is 0.527. The second-order valence-electron chi connectivity index (χ2n) is 16.8. The van der Waals surface area contributed by atoms with E-state index < -0.39 is 0 Å². The zero-order valence-corrected chi connectivity index (χ0v) is 39.1. The van der Waals surface area contributed by atoms with Crippen LogP contribution >= 0.6 is 0 Å². The minimum Gasteiger partial charge on any atom is -0.0993 e. The van der Waals surface area contributed by atoms with Gasteiger partial charge < -0.3 is 0 Å². The molecule has 0 radical (unpaired) electrons. The number of benzene rings is 1. The summed E-state index contributed by atoms with van der Waals surface area (Å²) in [6.07, 6.45) is 15.0. The van der Waals surface area contributed by atoms with Crippen LogP contribution in [0.15, 0.2) is 140 Å². The molecule has 0 heteroatoms. The molecule has 0 heterocycles. The molecule has 55 heavy (non-hydrogen) atoms. The molecule has 0 aromatic heterocycles. The van der Waals surface area contributed by atoms with Crippen molar-refractivity contribution >= 4 is 0 Å². The topological polar surface area (TPSA) is 0 Å². The molecule has 0 saturated heterocycles. The lowest BCUT2D eigenvalue weighted by Gasteiger charge is -2.31. The third-order valence-electron chi connectivity index (χ3n) is 13.1. The summed E-state index contributed by atoms with van der Waals surface area (Å²) < 4.78 is 0. The summed E-state index contributed by atoms with van der Waals surface area (Å²) in [4.78, 5) is 0. The second-order valence-corrected chi connectivity index (χ2v) is 16.8. The largest absolute Gasteiger partial charge is 0.0993 e. The average molecular weight is 745 g/mol. The molecular formula is C55H84. The van der Waals surface area contributed by atoms with Crippen LogP contribution in [0.25, 0.3) is 0 Å². The van der Waals surface area contributed by atoms with Gasteiger partial charge in [-0.3, -0.25) is 0 Å². The highest BCUT2D eigenvalue weighted by Gasteiger charge is 2.26. The minimum atomic E-state index is 0.228. The van der Waals surface area contributed by atoms with Crippen molar-refractivity contribution < 1.29 is 0 Å². The Morgan fingerprint density at radius 1 is 0.655 bits per heavy atom. The van der Waals surface area contributed by atoms with Crippen LogP contribution in [0.5, 0.6) is 0 Å². The van der Waals surface area contributed by atoms with E-state index in [9.17, 15) is 0 Å². The lowest BCUT2D eigenvalue weighted by Crippen LogP contribution is -2.16. The van der Waals surface area contributed by atoms with Crippen molar-refractivity contribution in [3.05, 3.63) is 151 Å². The summed E-state index contributed by atoms with van der Waals surface area (Å²) in [5.41, 5.74) is 22.8. The van der Waals surface area contributed by atoms with Crippen molar-refractivity contribution in [1.29, 1.82) is 0 Å². The molecule has 0 aliphatic rings. The molecule has 0 amide bonds. The molecule has 0 N–H and O–H groups in total. The molecular weight excluding hydrogens is 661 g/mol. The van der Waals surface area contributed by atoms with Crippen LogP contribution in [-0.4, -0.2) is 0 Å². The van der Waals surface area contributed by atoms with Gasteiger partial charge in [0.25, 0.3) is 0 Å². The molecule has 0 saturated carbocycles. The van der Waals surface area contributed by atoms with E-state index in [0.29, 0.717) is 17.8 Å². The summed E-state index contributed by atoms with van der Waals surface area (Å²) >= 11 is 0. The zero-order valence-electron chi connectivity index (χ0n) is 39.1. The number of hydrogen-bond acceptors (Lipinski definition) is 0. The van der Waals surface area contributed by atoms with Crippen LogP contribution in [0.1, 0.15) is 179 Å². The Balaban J connectivity index is 3.76. The van der Waals surface area contributed by atoms with Gasteiger partial charge in [-0.15, -0.1) is 0 Å². The van der Waals surface area contributed by atoms with Crippen molar-refractivity contribution in [2.45, 2.75) is 175 Å². The lowest BCUT2D eigenvalue weighted by atomic mass is 9.74. The number of rotatable bonds is 22. The van der Waals surface area contributed by atoms with Crippen molar-refractivity contribution in [2.75, 3.05) is 0 Å². The van der Waals surface area contributed by atoms with E-state index in [1.807, 2.05) is 6.08 Å². The van der Waals surface area contributed by atoms with Gasteiger partial charge in [0.1, 0.15) is 0 Å². The SMILES string of the molecule is C=C/C(C)=C\C=C(/C)C(C(=C)C)/C(C)=C(C)/C(CC)=C(\C)CC/C(CC)=C(/C)C(C)C(/C(C)=C(C)/C(CC)=C(\C)CC(=C)C(CC)CC)c1ccc(C)cc1. The third kappa shape index (κ3) is 13.9. The smallest absolute Gasteiger partial charge is 0.0214 e. The van der Waals surface area contributed by atoms with E-state index in [2.05, 4.69) is 174 Å². The summed E-state index contributed by atoms with van der Waals surface area (Å²) in [6.45, 7) is 52.3. The van der Waals surface area contributed by atoms with Gasteiger partial charge in [-0.1, -0.05) is 165 Å². The van der Waals surface area contributed by atoms with Gasteiger partial charge in [-0.2, -0.15) is 0 Å². The molecule has 1 aromatic carbocycles. The van der Waals surface area contributed by atoms with E-state index in [1.165, 1.54) is 90.8 Å². The molecule has 0 fully saturated rings. The Hall–Kier alpha value is -3.38. The Morgan fingerprint density at radius 2 is 1.18 bits per heavy atom. The van der Waals surface area contributed by atoms with Gasteiger partial charge in [0.2, 0.25) is 0 Å². The van der Waals surface area contributed by atoms with Crippen molar-refractivity contribution in [3.8, 4) is 0 Å². The summed E-state index contributed by atoms with van der Waals surface area (Å²) in [6, 6.07) is 9.36. The van der Waals surface area contributed by atoms with Gasteiger partial charge in [0, 0.05) is 11.8 Å². The summed E-state index contributed by atoms with van der Waals surface area (Å²) in [7, 11) is 0. The summed E-state index contributed by atoms with van der Waals surface area (Å²) in [5, 5.41) is 0. The quantitative estimate of drug-likeness (QED) is 0.0819. The second kappa shape index (κ2) is 24.3. The van der Waals surface area contributed by atoms with E-state index in [-0.39, 0.29) is 5.92 Å². The standard InChI is InChI=1S/C55H84/c1-21-37(9)27-30-40(12)54(36(7)8)47(19)44(16)52(25-5)39(11)31-34-50(24-4)43(15)46(18)55(51-32-28-38(10)29-33-51)48(20)45(17)53(26-6)42(14)35-41(13)49(22-2)23-3/h21,27-30,32-33,46,49,54-55H,1,7,13,22-26,31,34-35H2,2-6,8-12,14-20H3/b37-27-,40-30+,47-44+,48-45+,50-43-,52-39+,53-42+. The van der Waals surface area contributed by atoms with Crippen LogP contribution in [-0.2, 0) is 0 Å². The van der Waals surface area contributed by atoms with Crippen molar-refractivity contribution in [3.63, 3.8) is 0 Å². The van der Waals surface area contributed by atoms with Crippen LogP contribution in [0.4, 0.5) is 0 Å². The molecule has 3 atom stereocenters. The minimum absolute atomic E-state index is 0.228.